The summed E-state index contributed by atoms with van der Waals surface area (Å²) in [4.78, 5) is 0. The third kappa shape index (κ3) is 3.36. The Bertz CT molecular complexity index is 561. The molecule has 3 rings (SSSR count). The molecule has 0 saturated carbocycles. The Kier molecular flexibility index (Phi) is 4.72. The number of aryl methyl sites for hydroxylation is 1. The van der Waals surface area contributed by atoms with Crippen LogP contribution in [0.2, 0.25) is 0 Å². The van der Waals surface area contributed by atoms with Crippen LogP contribution in [0.3, 0.4) is 0 Å². The Morgan fingerprint density at radius 1 is 1.05 bits per heavy atom. The molecule has 0 bridgehead atoms. The van der Waals surface area contributed by atoms with Gasteiger partial charge in [-0.05, 0) is 36.0 Å². The van der Waals surface area contributed by atoms with Crippen molar-refractivity contribution in [2.75, 3.05) is 0 Å². The first-order chi connectivity index (χ1) is 10.4. The van der Waals surface area contributed by atoms with Crippen molar-refractivity contribution < 1.29 is 0 Å². The van der Waals surface area contributed by atoms with Crippen molar-refractivity contribution in [2.24, 2.45) is 0 Å². The Morgan fingerprint density at radius 2 is 1.81 bits per heavy atom. The van der Waals surface area contributed by atoms with Crippen molar-refractivity contribution in [3.05, 3.63) is 71.3 Å². The first-order valence-corrected chi connectivity index (χ1v) is 8.27. The van der Waals surface area contributed by atoms with Gasteiger partial charge in [-0.1, -0.05) is 74.4 Å². The standard InChI is InChI=1S/C20H25N/c1-2-3-13-19(17-10-5-4-6-11-17)21-20-15-14-16-9-7-8-12-18(16)20/h4-12,19-21H,2-3,13-15H2,1H3. The van der Waals surface area contributed by atoms with E-state index >= 15 is 0 Å². The van der Waals surface area contributed by atoms with Crippen LogP contribution < -0.4 is 5.32 Å². The van der Waals surface area contributed by atoms with Crippen LogP contribution in [0.1, 0.15) is 61.4 Å². The van der Waals surface area contributed by atoms with Gasteiger partial charge < -0.3 is 5.32 Å². The quantitative estimate of drug-likeness (QED) is 0.766. The van der Waals surface area contributed by atoms with E-state index in [2.05, 4.69) is 66.8 Å². The van der Waals surface area contributed by atoms with E-state index in [1.54, 1.807) is 0 Å². The summed E-state index contributed by atoms with van der Waals surface area (Å²) < 4.78 is 0. The highest BCUT2D eigenvalue weighted by atomic mass is 15.0. The van der Waals surface area contributed by atoms with Gasteiger partial charge in [0.05, 0.1) is 0 Å². The molecule has 110 valence electrons. The molecular formula is C20H25N. The summed E-state index contributed by atoms with van der Waals surface area (Å²) in [6.45, 7) is 2.27. The van der Waals surface area contributed by atoms with Crippen LogP contribution in [-0.4, -0.2) is 0 Å². The van der Waals surface area contributed by atoms with Crippen molar-refractivity contribution in [1.82, 2.24) is 5.32 Å². The van der Waals surface area contributed by atoms with Gasteiger partial charge in [-0.3, -0.25) is 0 Å². The monoisotopic (exact) mass is 279 g/mol. The van der Waals surface area contributed by atoms with E-state index in [0.29, 0.717) is 12.1 Å². The van der Waals surface area contributed by atoms with Crippen LogP contribution in [0.25, 0.3) is 0 Å². The summed E-state index contributed by atoms with van der Waals surface area (Å²) in [5, 5.41) is 3.92. The molecule has 2 atom stereocenters. The molecule has 1 aliphatic rings. The molecule has 0 aliphatic heterocycles. The molecule has 0 aromatic heterocycles. The van der Waals surface area contributed by atoms with Gasteiger partial charge in [0, 0.05) is 12.1 Å². The minimum atomic E-state index is 0.474. The Labute approximate surface area is 128 Å². The van der Waals surface area contributed by atoms with Crippen molar-refractivity contribution in [1.29, 1.82) is 0 Å². The van der Waals surface area contributed by atoms with Crippen LogP contribution in [0.4, 0.5) is 0 Å². The molecule has 2 aromatic rings. The Morgan fingerprint density at radius 3 is 2.62 bits per heavy atom. The number of hydrogen-bond acceptors (Lipinski definition) is 1. The van der Waals surface area contributed by atoms with Crippen LogP contribution in [0.5, 0.6) is 0 Å². The number of hydrogen-bond donors (Lipinski definition) is 1. The number of benzene rings is 2. The zero-order valence-electron chi connectivity index (χ0n) is 12.9. The van der Waals surface area contributed by atoms with E-state index in [9.17, 15) is 0 Å². The topological polar surface area (TPSA) is 12.0 Å². The molecule has 0 amide bonds. The van der Waals surface area contributed by atoms with Crippen molar-refractivity contribution >= 4 is 0 Å². The molecule has 2 unspecified atom stereocenters. The zero-order valence-corrected chi connectivity index (χ0v) is 12.9. The van der Waals surface area contributed by atoms with Crippen LogP contribution in [0, 0.1) is 0 Å². The lowest BCUT2D eigenvalue weighted by atomic mass is 9.99. The third-order valence-corrected chi connectivity index (χ3v) is 4.58. The second-order valence-corrected chi connectivity index (χ2v) is 6.06. The highest BCUT2D eigenvalue weighted by molar-refractivity contribution is 5.34. The summed E-state index contributed by atoms with van der Waals surface area (Å²) in [6, 6.07) is 20.8. The van der Waals surface area contributed by atoms with E-state index in [4.69, 9.17) is 0 Å². The minimum Gasteiger partial charge on any atom is -0.303 e. The van der Waals surface area contributed by atoms with Crippen molar-refractivity contribution in [3.63, 3.8) is 0 Å². The second-order valence-electron chi connectivity index (χ2n) is 6.06. The number of fused-ring (bicyclic) bond motifs is 1. The van der Waals surface area contributed by atoms with E-state index in [-0.39, 0.29) is 0 Å². The van der Waals surface area contributed by atoms with Crippen molar-refractivity contribution in [2.45, 2.75) is 51.1 Å². The average Bonchev–Trinajstić information content (AvgIpc) is 2.95. The largest absolute Gasteiger partial charge is 0.303 e. The summed E-state index contributed by atoms with van der Waals surface area (Å²) in [5.41, 5.74) is 4.46. The van der Waals surface area contributed by atoms with Crippen LogP contribution in [0.15, 0.2) is 54.6 Å². The molecule has 0 heterocycles. The van der Waals surface area contributed by atoms with Gasteiger partial charge in [0.15, 0.2) is 0 Å². The molecule has 0 saturated heterocycles. The lowest BCUT2D eigenvalue weighted by molar-refractivity contribution is 0.412. The number of rotatable bonds is 6. The highest BCUT2D eigenvalue weighted by Crippen LogP contribution is 2.33. The fraction of sp³-hybridized carbons (Fsp3) is 0.400. The molecule has 0 radical (unpaired) electrons. The molecule has 0 fully saturated rings. The average molecular weight is 279 g/mol. The summed E-state index contributed by atoms with van der Waals surface area (Å²) in [7, 11) is 0. The molecule has 21 heavy (non-hydrogen) atoms. The first kappa shape index (κ1) is 14.3. The molecule has 2 aromatic carbocycles. The molecule has 0 spiro atoms. The van der Waals surface area contributed by atoms with E-state index < -0.39 is 0 Å². The SMILES string of the molecule is CCCCC(NC1CCc2ccccc21)c1ccccc1. The van der Waals surface area contributed by atoms with Gasteiger partial charge >= 0.3 is 0 Å². The van der Waals surface area contributed by atoms with Crippen LogP contribution >= 0.6 is 0 Å². The van der Waals surface area contributed by atoms with Gasteiger partial charge in [-0.25, -0.2) is 0 Å². The maximum absolute atomic E-state index is 3.92. The number of unbranched alkanes of at least 4 members (excludes halogenated alkanes) is 1. The summed E-state index contributed by atoms with van der Waals surface area (Å²) >= 11 is 0. The van der Waals surface area contributed by atoms with E-state index in [1.165, 1.54) is 48.8 Å². The summed E-state index contributed by atoms with van der Waals surface area (Å²) in [5.74, 6) is 0. The lowest BCUT2D eigenvalue weighted by Gasteiger charge is -2.24. The maximum atomic E-state index is 3.92. The Balaban J connectivity index is 1.76. The molecular weight excluding hydrogens is 254 g/mol. The van der Waals surface area contributed by atoms with E-state index in [1.807, 2.05) is 0 Å². The van der Waals surface area contributed by atoms with Gasteiger partial charge in [0.1, 0.15) is 0 Å². The molecule has 1 heteroatoms. The third-order valence-electron chi connectivity index (χ3n) is 4.58. The normalized spacial score (nSPS) is 18.4. The predicted octanol–water partition coefficient (Wildman–Crippen LogP) is 5.20. The fourth-order valence-electron chi connectivity index (χ4n) is 3.41. The molecule has 1 N–H and O–H groups in total. The van der Waals surface area contributed by atoms with Gasteiger partial charge in [0.25, 0.3) is 0 Å². The molecule has 1 nitrogen and oxygen atoms in total. The smallest absolute Gasteiger partial charge is 0.0331 e. The maximum Gasteiger partial charge on any atom is 0.0331 e. The Hall–Kier alpha value is -1.60. The zero-order chi connectivity index (χ0) is 14.5. The van der Waals surface area contributed by atoms with Crippen molar-refractivity contribution in [3.8, 4) is 0 Å². The highest BCUT2D eigenvalue weighted by Gasteiger charge is 2.24. The van der Waals surface area contributed by atoms with Gasteiger partial charge in [0.2, 0.25) is 0 Å². The van der Waals surface area contributed by atoms with Gasteiger partial charge in [-0.2, -0.15) is 0 Å². The fourth-order valence-corrected chi connectivity index (χ4v) is 3.41. The van der Waals surface area contributed by atoms with Crippen LogP contribution in [-0.2, 0) is 6.42 Å². The van der Waals surface area contributed by atoms with E-state index in [0.717, 1.165) is 0 Å². The first-order valence-electron chi connectivity index (χ1n) is 8.27. The predicted molar refractivity (Wildman–Crippen MR) is 89.3 cm³/mol. The second kappa shape index (κ2) is 6.91. The number of nitrogens with one attached hydrogen (secondary N) is 1. The lowest BCUT2D eigenvalue weighted by Crippen LogP contribution is -2.25. The minimum absolute atomic E-state index is 0.474. The van der Waals surface area contributed by atoms with Gasteiger partial charge in [-0.15, -0.1) is 0 Å². The summed E-state index contributed by atoms with van der Waals surface area (Å²) in [6.07, 6.45) is 6.20. The molecule has 1 aliphatic carbocycles.